The molecule has 1 fully saturated rings. The van der Waals surface area contributed by atoms with Gasteiger partial charge in [-0.05, 0) is 25.1 Å². The van der Waals surface area contributed by atoms with Crippen molar-refractivity contribution in [2.75, 3.05) is 18.8 Å². The molecule has 3 rings (SSSR count). The van der Waals surface area contributed by atoms with Crippen molar-refractivity contribution in [3.05, 3.63) is 53.4 Å². The zero-order chi connectivity index (χ0) is 21.2. The van der Waals surface area contributed by atoms with Gasteiger partial charge in [-0.15, -0.1) is 0 Å². The second-order valence-electron chi connectivity index (χ2n) is 5.49. The summed E-state index contributed by atoms with van der Waals surface area (Å²) in [5.74, 6) is -1.26. The number of benzene rings is 1. The lowest BCUT2D eigenvalue weighted by Gasteiger charge is -2.12. The lowest BCUT2D eigenvalue weighted by Crippen LogP contribution is -2.17. The van der Waals surface area contributed by atoms with Crippen LogP contribution in [-0.2, 0) is 17.5 Å². The van der Waals surface area contributed by atoms with Gasteiger partial charge >= 0.3 is 6.18 Å². The fraction of sp³-hybridized carbons (Fsp3) is 0.444. The first kappa shape index (κ1) is 23.7. The minimum absolute atomic E-state index is 0.00365. The highest BCUT2D eigenvalue weighted by molar-refractivity contribution is 5.26. The highest BCUT2D eigenvalue weighted by Gasteiger charge is 2.31. The molecule has 1 atom stereocenters. The molecule has 1 aliphatic rings. The number of nitrogens with one attached hydrogen (secondary N) is 1. The van der Waals surface area contributed by atoms with E-state index in [9.17, 15) is 22.0 Å². The molecule has 1 unspecified atom stereocenters. The fourth-order valence-electron chi connectivity index (χ4n) is 2.14. The molecular weight excluding hydrogens is 383 g/mol. The molecule has 10 heteroatoms. The van der Waals surface area contributed by atoms with Gasteiger partial charge < -0.3 is 15.8 Å². The molecule has 2 heterocycles. The molecule has 0 bridgehead atoms. The van der Waals surface area contributed by atoms with Crippen molar-refractivity contribution in [1.82, 2.24) is 15.3 Å². The van der Waals surface area contributed by atoms with Crippen molar-refractivity contribution in [2.45, 2.75) is 39.2 Å². The van der Waals surface area contributed by atoms with Crippen LogP contribution in [0.5, 0.6) is 0 Å². The first-order valence-corrected chi connectivity index (χ1v) is 8.66. The van der Waals surface area contributed by atoms with Crippen LogP contribution in [0.2, 0.25) is 0 Å². The summed E-state index contributed by atoms with van der Waals surface area (Å²) in [6, 6.07) is 2.50. The Morgan fingerprint density at radius 1 is 1.18 bits per heavy atom. The Morgan fingerprint density at radius 2 is 1.82 bits per heavy atom. The number of anilines is 1. The topological polar surface area (TPSA) is 73.1 Å². The van der Waals surface area contributed by atoms with Crippen molar-refractivity contribution in [2.24, 2.45) is 0 Å². The van der Waals surface area contributed by atoms with E-state index in [1.54, 1.807) is 0 Å². The second kappa shape index (κ2) is 11.5. The van der Waals surface area contributed by atoms with E-state index in [0.29, 0.717) is 12.6 Å². The Morgan fingerprint density at radius 3 is 2.29 bits per heavy atom. The summed E-state index contributed by atoms with van der Waals surface area (Å²) in [6.45, 7) is 5.54. The van der Waals surface area contributed by atoms with Gasteiger partial charge in [0.1, 0.15) is 5.82 Å². The molecule has 1 saturated heterocycles. The maximum Gasteiger partial charge on any atom is 0.416 e. The highest BCUT2D eigenvalue weighted by Crippen LogP contribution is 2.30. The first-order valence-electron chi connectivity index (χ1n) is 8.66. The van der Waals surface area contributed by atoms with Crippen molar-refractivity contribution >= 4 is 5.95 Å². The van der Waals surface area contributed by atoms with Crippen LogP contribution in [0.4, 0.5) is 27.9 Å². The van der Waals surface area contributed by atoms with Crippen molar-refractivity contribution < 1.29 is 26.7 Å². The highest BCUT2D eigenvalue weighted by atomic mass is 19.4. The Bertz CT molecular complexity index is 683. The summed E-state index contributed by atoms with van der Waals surface area (Å²) in [6.07, 6.45) is -1.64. The third-order valence-corrected chi connectivity index (χ3v) is 3.51. The van der Waals surface area contributed by atoms with Crippen LogP contribution in [0.3, 0.4) is 0 Å². The number of ether oxygens (including phenoxy) is 1. The van der Waals surface area contributed by atoms with Gasteiger partial charge in [-0.25, -0.2) is 18.7 Å². The quantitative estimate of drug-likeness (QED) is 0.756. The number of hydrogen-bond donors (Lipinski definition) is 2. The number of aromatic nitrogens is 2. The molecule has 0 saturated carbocycles. The van der Waals surface area contributed by atoms with E-state index in [4.69, 9.17) is 10.5 Å². The molecule has 156 valence electrons. The third kappa shape index (κ3) is 8.13. The lowest BCUT2D eigenvalue weighted by atomic mass is 10.1. The molecular formula is C18H23F5N4O. The predicted molar refractivity (Wildman–Crippen MR) is 95.2 cm³/mol. The zero-order valence-corrected chi connectivity index (χ0v) is 15.6. The monoisotopic (exact) mass is 406 g/mol. The van der Waals surface area contributed by atoms with E-state index < -0.39 is 23.4 Å². The molecule has 1 aliphatic heterocycles. The minimum Gasteiger partial charge on any atom is -0.372 e. The van der Waals surface area contributed by atoms with Crippen molar-refractivity contribution in [3.8, 4) is 0 Å². The molecule has 0 aliphatic carbocycles. The van der Waals surface area contributed by atoms with E-state index >= 15 is 0 Å². The maximum atomic E-state index is 13.5. The van der Waals surface area contributed by atoms with E-state index in [0.717, 1.165) is 37.5 Å². The molecule has 0 radical (unpaired) electrons. The van der Waals surface area contributed by atoms with Crippen LogP contribution >= 0.6 is 0 Å². The molecule has 3 N–H and O–H groups in total. The Hall–Kier alpha value is -2.33. The largest absolute Gasteiger partial charge is 0.416 e. The Labute approximate surface area is 160 Å². The normalized spacial score (nSPS) is 15.9. The molecule has 5 nitrogen and oxygen atoms in total. The van der Waals surface area contributed by atoms with Crippen LogP contribution in [0.15, 0.2) is 30.6 Å². The number of halogens is 5. The SMILES string of the molecule is CC.Fc1cc(C(F)(F)F)ccc1COC1CCNC1.Nc1ncc(F)cn1. The number of nitrogen functional groups attached to an aromatic ring is 1. The average molecular weight is 406 g/mol. The third-order valence-electron chi connectivity index (χ3n) is 3.51. The van der Waals surface area contributed by atoms with Crippen LogP contribution in [-0.4, -0.2) is 29.2 Å². The van der Waals surface area contributed by atoms with Crippen LogP contribution in [0, 0.1) is 11.6 Å². The summed E-state index contributed by atoms with van der Waals surface area (Å²) < 4.78 is 67.8. The molecule has 2 aromatic rings. The van der Waals surface area contributed by atoms with Gasteiger partial charge in [0.2, 0.25) is 5.95 Å². The number of hydrogen-bond acceptors (Lipinski definition) is 5. The fourth-order valence-corrected chi connectivity index (χ4v) is 2.14. The van der Waals surface area contributed by atoms with Crippen molar-refractivity contribution in [1.29, 1.82) is 0 Å². The summed E-state index contributed by atoms with van der Waals surface area (Å²) in [4.78, 5) is 6.74. The van der Waals surface area contributed by atoms with Gasteiger partial charge in [-0.1, -0.05) is 19.9 Å². The van der Waals surface area contributed by atoms with Crippen LogP contribution in [0.1, 0.15) is 31.4 Å². The summed E-state index contributed by atoms with van der Waals surface area (Å²) >= 11 is 0. The molecule has 1 aromatic heterocycles. The van der Waals surface area contributed by atoms with Gasteiger partial charge in [0.05, 0.1) is 30.7 Å². The van der Waals surface area contributed by atoms with Gasteiger partial charge in [0.15, 0.2) is 5.82 Å². The van der Waals surface area contributed by atoms with Crippen LogP contribution in [0.25, 0.3) is 0 Å². The standard InChI is InChI=1S/C12H13F4NO.C4H4FN3.C2H6/c13-11-5-9(12(14,15)16)2-1-8(11)7-18-10-3-4-17-6-10;5-3-1-7-4(6)8-2-3;1-2/h1-2,5,10,17H,3-4,6-7H2;1-2H,(H2,6,7,8);1-2H3. The van der Waals surface area contributed by atoms with Gasteiger partial charge in [-0.3, -0.25) is 0 Å². The summed E-state index contributed by atoms with van der Waals surface area (Å²) in [5, 5.41) is 3.08. The summed E-state index contributed by atoms with van der Waals surface area (Å²) in [5.41, 5.74) is 4.21. The average Bonchev–Trinajstić information content (AvgIpc) is 3.18. The summed E-state index contributed by atoms with van der Waals surface area (Å²) in [7, 11) is 0. The van der Waals surface area contributed by atoms with Gasteiger partial charge in [-0.2, -0.15) is 13.2 Å². The van der Waals surface area contributed by atoms with E-state index in [2.05, 4.69) is 15.3 Å². The maximum absolute atomic E-state index is 13.5. The van der Waals surface area contributed by atoms with Crippen molar-refractivity contribution in [3.63, 3.8) is 0 Å². The number of nitrogens with zero attached hydrogens (tertiary/aromatic N) is 2. The number of rotatable bonds is 3. The predicted octanol–water partition coefficient (Wildman–Crippen LogP) is 3.95. The molecule has 1 aromatic carbocycles. The van der Waals surface area contributed by atoms with Crippen LogP contribution < -0.4 is 11.1 Å². The number of nitrogens with two attached hydrogens (primary N) is 1. The Balaban J connectivity index is 0.000000327. The van der Waals surface area contributed by atoms with Gasteiger partial charge in [0.25, 0.3) is 0 Å². The molecule has 28 heavy (non-hydrogen) atoms. The van der Waals surface area contributed by atoms with Gasteiger partial charge in [0, 0.05) is 12.1 Å². The lowest BCUT2D eigenvalue weighted by molar-refractivity contribution is -0.137. The Kier molecular flexibility index (Phi) is 9.74. The van der Waals surface area contributed by atoms with E-state index in [1.165, 1.54) is 0 Å². The molecule has 0 spiro atoms. The smallest absolute Gasteiger partial charge is 0.372 e. The first-order chi connectivity index (χ1) is 13.3. The number of alkyl halides is 3. The minimum atomic E-state index is -4.52. The second-order valence-corrected chi connectivity index (χ2v) is 5.49. The van der Waals surface area contributed by atoms with E-state index in [1.807, 2.05) is 13.8 Å². The molecule has 0 amide bonds. The van der Waals surface area contributed by atoms with E-state index in [-0.39, 0.29) is 24.2 Å². The zero-order valence-electron chi connectivity index (χ0n) is 15.6.